The number of hydrogen-bond acceptors (Lipinski definition) is 3. The van der Waals surface area contributed by atoms with E-state index in [2.05, 4.69) is 15.4 Å². The van der Waals surface area contributed by atoms with Crippen LogP contribution in [0.5, 0.6) is 0 Å². The van der Waals surface area contributed by atoms with E-state index < -0.39 is 0 Å². The second kappa shape index (κ2) is 6.00. The molecule has 6 heteroatoms. The maximum absolute atomic E-state index is 12.6. The van der Waals surface area contributed by atoms with Crippen LogP contribution in [0, 0.1) is 0 Å². The van der Waals surface area contributed by atoms with Crippen LogP contribution in [-0.2, 0) is 6.54 Å². The number of pyridine rings is 1. The number of nitrogens with one attached hydrogen (secondary N) is 1. The molecule has 0 saturated heterocycles. The van der Waals surface area contributed by atoms with Crippen molar-refractivity contribution >= 4 is 11.6 Å². The third kappa shape index (κ3) is 2.65. The monoisotopic (exact) mass is 317 g/mol. The molecule has 0 aliphatic rings. The van der Waals surface area contributed by atoms with Gasteiger partial charge in [-0.05, 0) is 30.3 Å². The van der Waals surface area contributed by atoms with Gasteiger partial charge in [0.05, 0.1) is 23.5 Å². The Kier molecular flexibility index (Phi) is 3.55. The molecule has 1 amide bonds. The predicted octanol–water partition coefficient (Wildman–Crippen LogP) is 2.45. The third-order valence-electron chi connectivity index (χ3n) is 3.74. The number of amides is 1. The summed E-state index contributed by atoms with van der Waals surface area (Å²) >= 11 is 0. The molecular weight excluding hydrogens is 302 g/mol. The predicted molar refractivity (Wildman–Crippen MR) is 89.9 cm³/mol. The van der Waals surface area contributed by atoms with Crippen molar-refractivity contribution in [3.8, 4) is 5.69 Å². The van der Waals surface area contributed by atoms with Crippen molar-refractivity contribution in [2.45, 2.75) is 6.54 Å². The minimum absolute atomic E-state index is 0.154. The van der Waals surface area contributed by atoms with E-state index in [4.69, 9.17) is 0 Å². The highest BCUT2D eigenvalue weighted by Crippen LogP contribution is 2.13. The molecule has 6 nitrogen and oxygen atoms in total. The van der Waals surface area contributed by atoms with Gasteiger partial charge in [-0.3, -0.25) is 4.79 Å². The summed E-state index contributed by atoms with van der Waals surface area (Å²) in [6.07, 6.45) is 7.34. The van der Waals surface area contributed by atoms with Crippen molar-refractivity contribution in [3.63, 3.8) is 0 Å². The fraction of sp³-hybridized carbons (Fsp3) is 0.0556. The van der Waals surface area contributed by atoms with Crippen molar-refractivity contribution in [3.05, 3.63) is 84.6 Å². The molecule has 0 unspecified atom stereocenters. The molecule has 4 rings (SSSR count). The maximum atomic E-state index is 12.6. The van der Waals surface area contributed by atoms with Crippen molar-refractivity contribution in [1.29, 1.82) is 0 Å². The number of carbonyl (C=O) groups excluding carboxylic acids is 1. The van der Waals surface area contributed by atoms with Gasteiger partial charge in [-0.2, -0.15) is 5.10 Å². The second-order valence-corrected chi connectivity index (χ2v) is 5.35. The standard InChI is InChI=1S/C18H15N5O/c24-18(15-6-1-2-7-16(15)23-11-5-9-20-23)19-12-14-13-22-10-4-3-8-17(22)21-14/h1-11,13H,12H2,(H,19,24). The third-order valence-corrected chi connectivity index (χ3v) is 3.74. The SMILES string of the molecule is O=C(NCc1cn2ccccc2n1)c1ccccc1-n1cccn1. The second-order valence-electron chi connectivity index (χ2n) is 5.35. The van der Waals surface area contributed by atoms with Gasteiger partial charge in [-0.15, -0.1) is 0 Å². The summed E-state index contributed by atoms with van der Waals surface area (Å²) in [6.45, 7) is 0.369. The number of rotatable bonds is 4. The average molecular weight is 317 g/mol. The van der Waals surface area contributed by atoms with Gasteiger partial charge in [0.2, 0.25) is 0 Å². The molecule has 118 valence electrons. The number of aromatic nitrogens is 4. The fourth-order valence-corrected chi connectivity index (χ4v) is 2.62. The van der Waals surface area contributed by atoms with Gasteiger partial charge in [-0.1, -0.05) is 18.2 Å². The number of para-hydroxylation sites is 1. The minimum atomic E-state index is -0.154. The van der Waals surface area contributed by atoms with E-state index in [9.17, 15) is 4.79 Å². The number of hydrogen-bond donors (Lipinski definition) is 1. The van der Waals surface area contributed by atoms with E-state index >= 15 is 0 Å². The number of fused-ring (bicyclic) bond motifs is 1. The minimum Gasteiger partial charge on any atom is -0.346 e. The zero-order valence-electron chi connectivity index (χ0n) is 12.8. The molecule has 0 aliphatic heterocycles. The van der Waals surface area contributed by atoms with Gasteiger partial charge < -0.3 is 9.72 Å². The largest absolute Gasteiger partial charge is 0.346 e. The molecule has 3 aromatic heterocycles. The molecule has 0 radical (unpaired) electrons. The zero-order chi connectivity index (χ0) is 16.4. The van der Waals surface area contributed by atoms with Gasteiger partial charge in [0.15, 0.2) is 0 Å². The lowest BCUT2D eigenvalue weighted by molar-refractivity contribution is 0.0950. The maximum Gasteiger partial charge on any atom is 0.253 e. The molecule has 0 bridgehead atoms. The van der Waals surface area contributed by atoms with E-state index in [1.165, 1.54) is 0 Å². The first kappa shape index (κ1) is 14.2. The van der Waals surface area contributed by atoms with Crippen LogP contribution in [0.15, 0.2) is 73.3 Å². The van der Waals surface area contributed by atoms with Crippen LogP contribution >= 0.6 is 0 Å². The first-order valence-corrected chi connectivity index (χ1v) is 7.61. The molecule has 1 N–H and O–H groups in total. The van der Waals surface area contributed by atoms with E-state index in [0.29, 0.717) is 12.1 Å². The van der Waals surface area contributed by atoms with Crippen LogP contribution in [-0.4, -0.2) is 25.1 Å². The molecule has 3 heterocycles. The molecule has 0 spiro atoms. The zero-order valence-corrected chi connectivity index (χ0v) is 12.8. The summed E-state index contributed by atoms with van der Waals surface area (Å²) in [7, 11) is 0. The first-order valence-electron chi connectivity index (χ1n) is 7.61. The average Bonchev–Trinajstić information content (AvgIpc) is 3.28. The van der Waals surface area contributed by atoms with Gasteiger partial charge >= 0.3 is 0 Å². The smallest absolute Gasteiger partial charge is 0.253 e. The van der Waals surface area contributed by atoms with E-state index in [1.807, 2.05) is 65.5 Å². The Hall–Kier alpha value is -3.41. The molecule has 0 fully saturated rings. The van der Waals surface area contributed by atoms with Crippen LogP contribution in [0.25, 0.3) is 11.3 Å². The summed E-state index contributed by atoms with van der Waals surface area (Å²) in [4.78, 5) is 17.0. The molecule has 4 aromatic rings. The van der Waals surface area contributed by atoms with E-state index in [-0.39, 0.29) is 5.91 Å². The van der Waals surface area contributed by atoms with E-state index in [1.54, 1.807) is 16.9 Å². The number of benzene rings is 1. The normalized spacial score (nSPS) is 10.8. The molecule has 1 aromatic carbocycles. The Morgan fingerprint density at radius 2 is 1.92 bits per heavy atom. The number of nitrogens with zero attached hydrogens (tertiary/aromatic N) is 4. The Bertz CT molecular complexity index is 955. The Morgan fingerprint density at radius 3 is 2.75 bits per heavy atom. The van der Waals surface area contributed by atoms with E-state index in [0.717, 1.165) is 17.0 Å². The first-order chi connectivity index (χ1) is 11.8. The Morgan fingerprint density at radius 1 is 1.04 bits per heavy atom. The van der Waals surface area contributed by atoms with Crippen LogP contribution in [0.3, 0.4) is 0 Å². The Balaban J connectivity index is 1.54. The lowest BCUT2D eigenvalue weighted by Crippen LogP contribution is -2.24. The highest BCUT2D eigenvalue weighted by molar-refractivity contribution is 5.97. The molecule has 24 heavy (non-hydrogen) atoms. The summed E-state index contributed by atoms with van der Waals surface area (Å²) in [5.74, 6) is -0.154. The molecule has 0 atom stereocenters. The highest BCUT2D eigenvalue weighted by Gasteiger charge is 2.12. The highest BCUT2D eigenvalue weighted by atomic mass is 16.1. The quantitative estimate of drug-likeness (QED) is 0.629. The van der Waals surface area contributed by atoms with Gasteiger partial charge in [0, 0.05) is 24.8 Å². The molecular formula is C18H15N5O. The van der Waals surface area contributed by atoms with Crippen LogP contribution in [0.2, 0.25) is 0 Å². The lowest BCUT2D eigenvalue weighted by Gasteiger charge is -2.09. The van der Waals surface area contributed by atoms with Crippen molar-refractivity contribution in [2.24, 2.45) is 0 Å². The Labute approximate surface area is 138 Å². The fourth-order valence-electron chi connectivity index (χ4n) is 2.62. The number of carbonyl (C=O) groups is 1. The summed E-state index contributed by atoms with van der Waals surface area (Å²) < 4.78 is 3.61. The van der Waals surface area contributed by atoms with Crippen LogP contribution in [0.4, 0.5) is 0 Å². The van der Waals surface area contributed by atoms with Crippen molar-refractivity contribution in [1.82, 2.24) is 24.5 Å². The van der Waals surface area contributed by atoms with Crippen LogP contribution < -0.4 is 5.32 Å². The number of imidazole rings is 1. The van der Waals surface area contributed by atoms with Crippen molar-refractivity contribution in [2.75, 3.05) is 0 Å². The summed E-state index contributed by atoms with van der Waals surface area (Å²) in [5.41, 5.74) is 2.99. The van der Waals surface area contributed by atoms with Gasteiger partial charge in [0.1, 0.15) is 5.65 Å². The summed E-state index contributed by atoms with van der Waals surface area (Å²) in [5, 5.41) is 7.12. The molecule has 0 saturated carbocycles. The van der Waals surface area contributed by atoms with Gasteiger partial charge in [0.25, 0.3) is 5.91 Å². The molecule has 0 aliphatic carbocycles. The summed E-state index contributed by atoms with van der Waals surface area (Å²) in [6, 6.07) is 15.0. The van der Waals surface area contributed by atoms with Gasteiger partial charge in [-0.25, -0.2) is 9.67 Å². The van der Waals surface area contributed by atoms with Crippen molar-refractivity contribution < 1.29 is 4.79 Å². The van der Waals surface area contributed by atoms with Crippen LogP contribution in [0.1, 0.15) is 16.1 Å². The lowest BCUT2D eigenvalue weighted by atomic mass is 10.1. The topological polar surface area (TPSA) is 64.2 Å².